The van der Waals surface area contributed by atoms with Gasteiger partial charge in [-0.15, -0.1) is 0 Å². The lowest BCUT2D eigenvalue weighted by molar-refractivity contribution is -0.0435. The molecule has 182 valence electrons. The number of hydrogen-bond acceptors (Lipinski definition) is 6. The summed E-state index contributed by atoms with van der Waals surface area (Å²) < 4.78 is 84.1. The first-order valence-corrected chi connectivity index (χ1v) is 12.2. The Labute approximate surface area is 194 Å². The van der Waals surface area contributed by atoms with Gasteiger partial charge in [0, 0.05) is 30.4 Å². The molecule has 2 aliphatic rings. The van der Waals surface area contributed by atoms with Gasteiger partial charge in [-0.3, -0.25) is 4.98 Å². The summed E-state index contributed by atoms with van der Waals surface area (Å²) in [6.07, 6.45) is 1.79. The van der Waals surface area contributed by atoms with Gasteiger partial charge >= 0.3 is 0 Å². The number of rotatable bonds is 5. The van der Waals surface area contributed by atoms with Gasteiger partial charge in [-0.05, 0) is 30.7 Å². The van der Waals surface area contributed by atoms with E-state index in [0.717, 1.165) is 24.6 Å². The van der Waals surface area contributed by atoms with Gasteiger partial charge in [0.05, 0.1) is 30.5 Å². The summed E-state index contributed by atoms with van der Waals surface area (Å²) in [5.41, 5.74) is -1.53. The molecule has 7 nitrogen and oxygen atoms in total. The Morgan fingerprint density at radius 2 is 2.00 bits per heavy atom. The number of pyridine rings is 1. The number of nitrogens with zero attached hydrogens (tertiary/aromatic N) is 4. The number of sulfonamides is 1. The molecule has 1 aromatic heterocycles. The first-order chi connectivity index (χ1) is 16.0. The Morgan fingerprint density at radius 3 is 2.65 bits per heavy atom. The van der Waals surface area contributed by atoms with E-state index in [1.807, 2.05) is 0 Å². The third-order valence-corrected chi connectivity index (χ3v) is 6.28. The van der Waals surface area contributed by atoms with Crippen molar-refractivity contribution in [1.82, 2.24) is 9.88 Å². The fourth-order valence-corrected chi connectivity index (χ4v) is 4.48. The van der Waals surface area contributed by atoms with Crippen LogP contribution >= 0.6 is 0 Å². The van der Waals surface area contributed by atoms with Crippen LogP contribution in [0.5, 0.6) is 0 Å². The second-order valence-electron chi connectivity index (χ2n) is 8.48. The summed E-state index contributed by atoms with van der Waals surface area (Å²) in [5.74, 6) is -2.26. The maximum Gasteiger partial charge on any atom is 0.249 e. The van der Waals surface area contributed by atoms with Gasteiger partial charge in [0.2, 0.25) is 15.6 Å². The highest BCUT2D eigenvalue weighted by Crippen LogP contribution is 2.42. The van der Waals surface area contributed by atoms with Crippen molar-refractivity contribution in [3.63, 3.8) is 0 Å². The Bertz CT molecular complexity index is 1250. The summed E-state index contributed by atoms with van der Waals surface area (Å²) in [6.45, 7) is 0.509. The fraction of sp³-hybridized carbons (Fsp3) is 0.409. The Morgan fingerprint density at radius 1 is 1.29 bits per heavy atom. The average Bonchev–Trinajstić information content (AvgIpc) is 3.36. The normalized spacial score (nSPS) is 25.1. The third kappa shape index (κ3) is 4.63. The molecule has 1 saturated heterocycles. The van der Waals surface area contributed by atoms with Gasteiger partial charge in [0.1, 0.15) is 30.3 Å². The second kappa shape index (κ2) is 8.97. The molecule has 0 radical (unpaired) electrons. The van der Waals surface area contributed by atoms with Gasteiger partial charge in [-0.2, -0.15) is 4.40 Å². The smallest absolute Gasteiger partial charge is 0.249 e. The van der Waals surface area contributed by atoms with E-state index in [1.165, 1.54) is 23.2 Å². The lowest BCUT2D eigenvalue weighted by atomic mass is 9.88. The van der Waals surface area contributed by atoms with E-state index < -0.39 is 46.0 Å². The van der Waals surface area contributed by atoms with Crippen LogP contribution in [-0.4, -0.2) is 62.5 Å². The molecule has 12 heteroatoms. The average molecular weight is 499 g/mol. The molecule has 1 fully saturated rings. The van der Waals surface area contributed by atoms with Crippen LogP contribution in [0.1, 0.15) is 17.7 Å². The van der Waals surface area contributed by atoms with Crippen molar-refractivity contribution in [2.75, 3.05) is 26.0 Å². The van der Waals surface area contributed by atoms with E-state index in [9.17, 15) is 26.0 Å². The predicted octanol–water partition coefficient (Wildman–Crippen LogP) is 3.53. The maximum atomic E-state index is 14.6. The molecule has 0 spiro atoms. The highest BCUT2D eigenvalue weighted by molar-refractivity contribution is 7.89. The largest absolute Gasteiger partial charge is 0.378 e. The van der Waals surface area contributed by atoms with E-state index in [2.05, 4.69) is 14.5 Å². The zero-order valence-electron chi connectivity index (χ0n) is 18.4. The van der Waals surface area contributed by atoms with Gasteiger partial charge in [-0.25, -0.2) is 26.0 Å². The summed E-state index contributed by atoms with van der Waals surface area (Å²) >= 11 is 0. The molecular weight excluding hydrogens is 476 g/mol. The number of halogens is 4. The first-order valence-electron chi connectivity index (χ1n) is 10.4. The molecule has 0 bridgehead atoms. The fourth-order valence-electron chi connectivity index (χ4n) is 4.10. The molecule has 0 N–H and O–H groups in total. The summed E-state index contributed by atoms with van der Waals surface area (Å²) in [4.78, 5) is 11.2. The summed E-state index contributed by atoms with van der Waals surface area (Å²) in [7, 11) is -3.66. The number of amidine groups is 1. The number of aromatic nitrogens is 1. The van der Waals surface area contributed by atoms with E-state index in [0.29, 0.717) is 5.56 Å². The number of likely N-dealkylation sites (tertiary alicyclic amines) is 1. The molecular formula is C22H22F4N4O3S. The Balaban J connectivity index is 1.65. The van der Waals surface area contributed by atoms with E-state index in [-0.39, 0.29) is 42.2 Å². The van der Waals surface area contributed by atoms with Crippen molar-refractivity contribution >= 4 is 22.1 Å². The minimum absolute atomic E-state index is 0.0328. The van der Waals surface area contributed by atoms with Crippen LogP contribution < -0.4 is 0 Å². The summed E-state index contributed by atoms with van der Waals surface area (Å²) in [5, 5.41) is 3.94. The van der Waals surface area contributed by atoms with Gasteiger partial charge in [-0.1, -0.05) is 11.2 Å². The number of alkyl halides is 2. The third-order valence-electron chi connectivity index (χ3n) is 5.77. The van der Waals surface area contributed by atoms with Gasteiger partial charge < -0.3 is 9.74 Å². The molecule has 0 saturated carbocycles. The van der Waals surface area contributed by atoms with Crippen LogP contribution in [0, 0.1) is 24.5 Å². The lowest BCUT2D eigenvalue weighted by Gasteiger charge is -2.26. The molecule has 2 aliphatic heterocycles. The molecule has 0 amide bonds. The highest BCUT2D eigenvalue weighted by Gasteiger charge is 2.48. The topological polar surface area (TPSA) is 84.2 Å². The van der Waals surface area contributed by atoms with Crippen molar-refractivity contribution in [3.05, 3.63) is 53.4 Å². The van der Waals surface area contributed by atoms with E-state index >= 15 is 0 Å². The zero-order valence-corrected chi connectivity index (χ0v) is 19.2. The quantitative estimate of drug-likeness (QED) is 0.465. The van der Waals surface area contributed by atoms with Crippen molar-refractivity contribution in [2.45, 2.75) is 25.1 Å². The van der Waals surface area contributed by atoms with Crippen LogP contribution in [0.25, 0.3) is 11.1 Å². The number of oxime groups is 1. The predicted molar refractivity (Wildman–Crippen MR) is 118 cm³/mol. The minimum atomic E-state index is -3.66. The molecule has 2 aromatic rings. The zero-order chi connectivity index (χ0) is 24.7. The van der Waals surface area contributed by atoms with Crippen LogP contribution in [0.4, 0.5) is 17.6 Å². The first kappa shape index (κ1) is 24.1. The van der Waals surface area contributed by atoms with Crippen molar-refractivity contribution in [1.29, 1.82) is 0 Å². The van der Waals surface area contributed by atoms with Crippen LogP contribution in [0.15, 0.2) is 40.0 Å². The molecule has 2 unspecified atom stereocenters. The minimum Gasteiger partial charge on any atom is -0.378 e. The molecule has 0 aliphatic carbocycles. The maximum absolute atomic E-state index is 14.6. The summed E-state index contributed by atoms with van der Waals surface area (Å²) in [6, 6.07) is 4.90. The lowest BCUT2D eigenvalue weighted by Crippen LogP contribution is -2.35. The van der Waals surface area contributed by atoms with Crippen LogP contribution in [0.2, 0.25) is 0 Å². The van der Waals surface area contributed by atoms with Gasteiger partial charge in [0.25, 0.3) is 0 Å². The number of aryl methyl sites for hydroxylation is 1. The number of hydrogen-bond donors (Lipinski definition) is 0. The second-order valence-corrected chi connectivity index (χ2v) is 10.2. The molecule has 3 atom stereocenters. The Hall–Kier alpha value is -3.02. The molecule has 1 aromatic carbocycles. The highest BCUT2D eigenvalue weighted by atomic mass is 32.2. The van der Waals surface area contributed by atoms with Crippen molar-refractivity contribution in [2.24, 2.45) is 15.5 Å². The van der Waals surface area contributed by atoms with E-state index in [4.69, 9.17) is 4.84 Å². The SMILES string of the molecule is Cc1cnc(C2(CF)CC(N3CC(/C=N/S(C)(=O)=O)[C@@H](F)C3)=NO2)c(-c2c(F)cccc2F)c1. The van der Waals surface area contributed by atoms with E-state index in [1.54, 1.807) is 6.92 Å². The van der Waals surface area contributed by atoms with Crippen molar-refractivity contribution < 1.29 is 30.8 Å². The van der Waals surface area contributed by atoms with Crippen LogP contribution in [0.3, 0.4) is 0 Å². The number of benzene rings is 1. The molecule has 3 heterocycles. The standard InChI is InChI=1S/C22H22F4N4O3S/c1-13-6-15(20-16(24)4-3-5-17(20)25)21(27-8-13)22(12-23)7-19(29-33-22)30-10-14(18(26)11-30)9-28-34(2,31)32/h3-6,8-9,14,18H,7,10-12H2,1-2H3/b28-9+/t14?,18-,22?/m0/s1. The molecule has 4 rings (SSSR count). The molecule has 34 heavy (non-hydrogen) atoms. The van der Waals surface area contributed by atoms with Crippen molar-refractivity contribution in [3.8, 4) is 11.1 Å². The van der Waals surface area contributed by atoms with Crippen LogP contribution in [-0.2, 0) is 20.5 Å². The monoisotopic (exact) mass is 498 g/mol. The van der Waals surface area contributed by atoms with Gasteiger partial charge in [0.15, 0.2) is 0 Å². The Kier molecular flexibility index (Phi) is 6.36.